The molecule has 98 valence electrons. The smallest absolute Gasteiger partial charge is 0.251 e. The minimum atomic E-state index is 0.260. The lowest BCUT2D eigenvalue weighted by molar-refractivity contribution is 0.0534. The van der Waals surface area contributed by atoms with Crippen LogP contribution in [0.3, 0.4) is 0 Å². The van der Waals surface area contributed by atoms with E-state index in [2.05, 4.69) is 16.3 Å². The summed E-state index contributed by atoms with van der Waals surface area (Å²) >= 11 is 0. The molecule has 0 aliphatic rings. The molecule has 0 fully saturated rings. The molecule has 6 heteroatoms. The molecule has 1 aromatic heterocycles. The van der Waals surface area contributed by atoms with Gasteiger partial charge in [-0.3, -0.25) is 0 Å². The second-order valence-electron chi connectivity index (χ2n) is 3.66. The summed E-state index contributed by atoms with van der Waals surface area (Å²) in [7, 11) is 1.61. The van der Waals surface area contributed by atoms with Crippen molar-refractivity contribution in [2.45, 2.75) is 13.8 Å². The first-order chi connectivity index (χ1) is 8.70. The summed E-state index contributed by atoms with van der Waals surface area (Å²) in [5.74, 6) is 0.260. The average Bonchev–Trinajstić information content (AvgIpc) is 2.38. The Morgan fingerprint density at radius 1 is 1.11 bits per heavy atom. The third-order valence-corrected chi connectivity index (χ3v) is 2.43. The van der Waals surface area contributed by atoms with Crippen molar-refractivity contribution < 1.29 is 14.2 Å². The second kappa shape index (κ2) is 7.58. The Kier molecular flexibility index (Phi) is 6.05. The topological polar surface area (TPSA) is 77.3 Å². The van der Waals surface area contributed by atoms with Crippen molar-refractivity contribution in [1.29, 1.82) is 5.26 Å². The Morgan fingerprint density at radius 3 is 2.50 bits per heavy atom. The highest BCUT2D eigenvalue weighted by Gasteiger charge is 2.11. The fourth-order valence-electron chi connectivity index (χ4n) is 1.26. The summed E-state index contributed by atoms with van der Waals surface area (Å²) < 4.78 is 15.5. The molecule has 0 aromatic carbocycles. The first kappa shape index (κ1) is 14.4. The number of aryl methyl sites for hydroxylation is 1. The number of rotatable bonds is 7. The zero-order valence-electron chi connectivity index (χ0n) is 10.9. The van der Waals surface area contributed by atoms with Crippen LogP contribution in [0.5, 0.6) is 5.88 Å². The number of nitriles is 1. The van der Waals surface area contributed by atoms with Gasteiger partial charge in [-0.1, -0.05) is 0 Å². The van der Waals surface area contributed by atoms with Crippen molar-refractivity contribution in [3.63, 3.8) is 0 Å². The highest BCUT2D eigenvalue weighted by Crippen LogP contribution is 2.18. The molecule has 0 aliphatic heterocycles. The molecular weight excluding hydrogens is 234 g/mol. The molecule has 0 N–H and O–H groups in total. The fraction of sp³-hybridized carbons (Fsp3) is 0.583. The Balaban J connectivity index is 2.48. The standard InChI is InChI=1S/C12H17N3O3/c1-9-10(2)14-15-12(11(9)8-13)18-7-6-17-5-4-16-3/h4-7H2,1-3H3. The number of aromatic nitrogens is 2. The van der Waals surface area contributed by atoms with Gasteiger partial charge in [-0.2, -0.15) is 10.4 Å². The van der Waals surface area contributed by atoms with Gasteiger partial charge in [0, 0.05) is 7.11 Å². The maximum Gasteiger partial charge on any atom is 0.251 e. The van der Waals surface area contributed by atoms with Gasteiger partial charge >= 0.3 is 0 Å². The molecule has 0 aliphatic carbocycles. The van der Waals surface area contributed by atoms with E-state index in [1.165, 1.54) is 0 Å². The van der Waals surface area contributed by atoms with Crippen LogP contribution in [0.15, 0.2) is 0 Å². The number of hydrogen-bond acceptors (Lipinski definition) is 6. The van der Waals surface area contributed by atoms with Crippen LogP contribution in [-0.2, 0) is 9.47 Å². The predicted octanol–water partition coefficient (Wildman–Crippen LogP) is 1.01. The minimum absolute atomic E-state index is 0.260. The lowest BCUT2D eigenvalue weighted by Crippen LogP contribution is -2.12. The summed E-state index contributed by atoms with van der Waals surface area (Å²) in [6, 6.07) is 2.08. The van der Waals surface area contributed by atoms with Gasteiger partial charge in [0.2, 0.25) is 0 Å². The van der Waals surface area contributed by atoms with Crippen LogP contribution in [-0.4, -0.2) is 43.7 Å². The van der Waals surface area contributed by atoms with E-state index < -0.39 is 0 Å². The van der Waals surface area contributed by atoms with Crippen molar-refractivity contribution in [3.8, 4) is 11.9 Å². The van der Waals surface area contributed by atoms with Crippen LogP contribution in [0.2, 0.25) is 0 Å². The molecule has 1 aromatic rings. The molecular formula is C12H17N3O3. The Morgan fingerprint density at radius 2 is 1.83 bits per heavy atom. The monoisotopic (exact) mass is 251 g/mol. The van der Waals surface area contributed by atoms with Gasteiger partial charge in [-0.25, -0.2) is 0 Å². The maximum absolute atomic E-state index is 9.05. The van der Waals surface area contributed by atoms with E-state index in [1.807, 2.05) is 6.92 Å². The second-order valence-corrected chi connectivity index (χ2v) is 3.66. The summed E-state index contributed by atoms with van der Waals surface area (Å²) in [5.41, 5.74) is 1.96. The lowest BCUT2D eigenvalue weighted by Gasteiger charge is -2.09. The molecule has 6 nitrogen and oxygen atoms in total. The molecule has 0 unspecified atom stereocenters. The largest absolute Gasteiger partial charge is 0.473 e. The van der Waals surface area contributed by atoms with E-state index in [9.17, 15) is 0 Å². The van der Waals surface area contributed by atoms with E-state index >= 15 is 0 Å². The van der Waals surface area contributed by atoms with E-state index in [1.54, 1.807) is 14.0 Å². The molecule has 0 amide bonds. The van der Waals surface area contributed by atoms with Gasteiger partial charge in [-0.05, 0) is 19.4 Å². The first-order valence-electron chi connectivity index (χ1n) is 5.64. The molecule has 1 rings (SSSR count). The van der Waals surface area contributed by atoms with Gasteiger partial charge < -0.3 is 14.2 Å². The normalized spacial score (nSPS) is 10.1. The molecule has 0 bridgehead atoms. The number of ether oxygens (including phenoxy) is 3. The molecule has 18 heavy (non-hydrogen) atoms. The quantitative estimate of drug-likeness (QED) is 0.673. The van der Waals surface area contributed by atoms with Crippen LogP contribution in [0.4, 0.5) is 0 Å². The molecule has 0 saturated heterocycles. The van der Waals surface area contributed by atoms with Gasteiger partial charge in [0.15, 0.2) is 0 Å². The Labute approximate surface area is 106 Å². The van der Waals surface area contributed by atoms with Gasteiger partial charge in [0.25, 0.3) is 5.88 Å². The maximum atomic E-state index is 9.05. The number of hydrogen-bond donors (Lipinski definition) is 0. The van der Waals surface area contributed by atoms with Crippen LogP contribution in [0, 0.1) is 25.2 Å². The van der Waals surface area contributed by atoms with E-state index in [0.717, 1.165) is 11.3 Å². The van der Waals surface area contributed by atoms with E-state index in [0.29, 0.717) is 32.0 Å². The van der Waals surface area contributed by atoms with Crippen molar-refractivity contribution in [2.75, 3.05) is 33.5 Å². The molecule has 1 heterocycles. The summed E-state index contributed by atoms with van der Waals surface area (Å²) in [6.45, 7) is 5.44. The SMILES string of the molecule is COCCOCCOc1nnc(C)c(C)c1C#N. The van der Waals surface area contributed by atoms with Crippen molar-refractivity contribution in [2.24, 2.45) is 0 Å². The van der Waals surface area contributed by atoms with E-state index in [4.69, 9.17) is 19.5 Å². The fourth-order valence-corrected chi connectivity index (χ4v) is 1.26. The zero-order valence-corrected chi connectivity index (χ0v) is 10.9. The molecule has 0 radical (unpaired) electrons. The highest BCUT2D eigenvalue weighted by molar-refractivity contribution is 5.44. The predicted molar refractivity (Wildman–Crippen MR) is 64.4 cm³/mol. The summed E-state index contributed by atoms with van der Waals surface area (Å²) in [4.78, 5) is 0. The number of nitrogens with zero attached hydrogens (tertiary/aromatic N) is 3. The minimum Gasteiger partial charge on any atom is -0.473 e. The van der Waals surface area contributed by atoms with Crippen LogP contribution < -0.4 is 4.74 Å². The van der Waals surface area contributed by atoms with Gasteiger partial charge in [0.1, 0.15) is 18.2 Å². The van der Waals surface area contributed by atoms with Crippen molar-refractivity contribution >= 4 is 0 Å². The van der Waals surface area contributed by atoms with Gasteiger partial charge in [-0.15, -0.1) is 5.10 Å². The van der Waals surface area contributed by atoms with Crippen LogP contribution in [0.25, 0.3) is 0 Å². The average molecular weight is 251 g/mol. The third-order valence-electron chi connectivity index (χ3n) is 2.43. The summed E-state index contributed by atoms with van der Waals surface area (Å²) in [5, 5.41) is 16.8. The number of methoxy groups -OCH3 is 1. The van der Waals surface area contributed by atoms with Crippen molar-refractivity contribution in [3.05, 3.63) is 16.8 Å². The van der Waals surface area contributed by atoms with Crippen molar-refractivity contribution in [1.82, 2.24) is 10.2 Å². The summed E-state index contributed by atoms with van der Waals surface area (Å²) in [6.07, 6.45) is 0. The molecule has 0 spiro atoms. The Hall–Kier alpha value is -1.71. The third kappa shape index (κ3) is 3.95. The Bertz CT molecular complexity index is 429. The molecule has 0 saturated carbocycles. The van der Waals surface area contributed by atoms with Crippen LogP contribution in [0.1, 0.15) is 16.8 Å². The zero-order chi connectivity index (χ0) is 13.4. The first-order valence-corrected chi connectivity index (χ1v) is 5.64. The highest BCUT2D eigenvalue weighted by atomic mass is 16.5. The lowest BCUT2D eigenvalue weighted by atomic mass is 10.1. The van der Waals surface area contributed by atoms with Gasteiger partial charge in [0.05, 0.1) is 25.5 Å². The molecule has 0 atom stereocenters. The van der Waals surface area contributed by atoms with Crippen LogP contribution >= 0.6 is 0 Å². The van der Waals surface area contributed by atoms with E-state index in [-0.39, 0.29) is 5.88 Å².